The van der Waals surface area contributed by atoms with Crippen LogP contribution in [0.4, 0.5) is 0 Å². The molecular weight excluding hydrogens is 254 g/mol. The van der Waals surface area contributed by atoms with Gasteiger partial charge in [0, 0.05) is 18.5 Å². The second-order valence-corrected chi connectivity index (χ2v) is 4.77. The molecule has 1 aliphatic rings. The van der Waals surface area contributed by atoms with Gasteiger partial charge in [0.05, 0.1) is 6.61 Å². The molecule has 1 amide bonds. The standard InChI is InChI=1S/C16H15NO3/c18-14-3-1-2-11(8-14)10-17-16(19)13-4-5-15-12(9-13)6-7-20-15/h1-5,8-9,18H,6-7,10H2,(H,17,19). The number of phenols is 1. The molecule has 4 nitrogen and oxygen atoms in total. The number of carbonyl (C=O) groups is 1. The molecule has 0 saturated carbocycles. The molecule has 2 aromatic rings. The predicted molar refractivity (Wildman–Crippen MR) is 74.9 cm³/mol. The van der Waals surface area contributed by atoms with Crippen LogP contribution in [-0.4, -0.2) is 17.6 Å². The van der Waals surface area contributed by atoms with E-state index >= 15 is 0 Å². The maximum atomic E-state index is 12.1. The summed E-state index contributed by atoms with van der Waals surface area (Å²) in [7, 11) is 0. The molecule has 1 aliphatic heterocycles. The lowest BCUT2D eigenvalue weighted by Crippen LogP contribution is -2.22. The molecule has 0 unspecified atom stereocenters. The Morgan fingerprint density at radius 3 is 3.00 bits per heavy atom. The van der Waals surface area contributed by atoms with Gasteiger partial charge in [-0.25, -0.2) is 0 Å². The summed E-state index contributed by atoms with van der Waals surface area (Å²) >= 11 is 0. The largest absolute Gasteiger partial charge is 0.508 e. The fourth-order valence-electron chi connectivity index (χ4n) is 2.28. The van der Waals surface area contributed by atoms with E-state index in [2.05, 4.69) is 5.32 Å². The van der Waals surface area contributed by atoms with Gasteiger partial charge in [-0.3, -0.25) is 4.79 Å². The average Bonchev–Trinajstić information content (AvgIpc) is 2.92. The number of fused-ring (bicyclic) bond motifs is 1. The van der Waals surface area contributed by atoms with Gasteiger partial charge in [0.15, 0.2) is 0 Å². The average molecular weight is 269 g/mol. The summed E-state index contributed by atoms with van der Waals surface area (Å²) in [4.78, 5) is 12.1. The SMILES string of the molecule is O=C(NCc1cccc(O)c1)c1ccc2c(c1)CCO2. The van der Waals surface area contributed by atoms with Crippen LogP contribution in [-0.2, 0) is 13.0 Å². The fourth-order valence-corrected chi connectivity index (χ4v) is 2.28. The lowest BCUT2D eigenvalue weighted by molar-refractivity contribution is 0.0951. The van der Waals surface area contributed by atoms with Crippen molar-refractivity contribution in [2.24, 2.45) is 0 Å². The highest BCUT2D eigenvalue weighted by atomic mass is 16.5. The van der Waals surface area contributed by atoms with Crippen LogP contribution < -0.4 is 10.1 Å². The number of hydrogen-bond acceptors (Lipinski definition) is 3. The van der Waals surface area contributed by atoms with E-state index in [4.69, 9.17) is 4.74 Å². The number of ether oxygens (including phenoxy) is 1. The van der Waals surface area contributed by atoms with E-state index in [1.54, 1.807) is 24.3 Å². The van der Waals surface area contributed by atoms with E-state index in [-0.39, 0.29) is 11.7 Å². The Bertz CT molecular complexity index is 652. The Balaban J connectivity index is 1.67. The van der Waals surface area contributed by atoms with Crippen molar-refractivity contribution in [3.8, 4) is 11.5 Å². The number of benzene rings is 2. The molecule has 0 aliphatic carbocycles. The zero-order chi connectivity index (χ0) is 13.9. The lowest BCUT2D eigenvalue weighted by Gasteiger charge is -2.07. The van der Waals surface area contributed by atoms with Crippen molar-refractivity contribution in [3.05, 3.63) is 59.2 Å². The summed E-state index contributed by atoms with van der Waals surface area (Å²) in [6, 6.07) is 12.3. The second kappa shape index (κ2) is 5.25. The van der Waals surface area contributed by atoms with Crippen molar-refractivity contribution >= 4 is 5.91 Å². The van der Waals surface area contributed by atoms with Crippen molar-refractivity contribution < 1.29 is 14.6 Å². The van der Waals surface area contributed by atoms with Crippen LogP contribution >= 0.6 is 0 Å². The van der Waals surface area contributed by atoms with E-state index in [0.717, 1.165) is 23.3 Å². The lowest BCUT2D eigenvalue weighted by atomic mass is 10.1. The monoisotopic (exact) mass is 269 g/mol. The highest BCUT2D eigenvalue weighted by Gasteiger charge is 2.14. The van der Waals surface area contributed by atoms with E-state index in [9.17, 15) is 9.90 Å². The second-order valence-electron chi connectivity index (χ2n) is 4.77. The van der Waals surface area contributed by atoms with E-state index in [1.165, 1.54) is 0 Å². The third-order valence-corrected chi connectivity index (χ3v) is 3.32. The van der Waals surface area contributed by atoms with Gasteiger partial charge in [-0.05, 0) is 41.5 Å². The summed E-state index contributed by atoms with van der Waals surface area (Å²) < 4.78 is 5.42. The van der Waals surface area contributed by atoms with Crippen molar-refractivity contribution in [3.63, 3.8) is 0 Å². The first-order chi connectivity index (χ1) is 9.72. The first kappa shape index (κ1) is 12.5. The molecule has 3 rings (SSSR count). The van der Waals surface area contributed by atoms with Gasteiger partial charge in [0.2, 0.25) is 0 Å². The van der Waals surface area contributed by atoms with Crippen LogP contribution in [0.15, 0.2) is 42.5 Å². The van der Waals surface area contributed by atoms with Crippen molar-refractivity contribution in [1.82, 2.24) is 5.32 Å². The molecule has 0 aromatic heterocycles. The molecule has 0 fully saturated rings. The number of amides is 1. The van der Waals surface area contributed by atoms with Crippen LogP contribution in [0.3, 0.4) is 0 Å². The highest BCUT2D eigenvalue weighted by molar-refractivity contribution is 5.94. The van der Waals surface area contributed by atoms with Crippen molar-refractivity contribution in [2.45, 2.75) is 13.0 Å². The Morgan fingerprint density at radius 2 is 2.15 bits per heavy atom. The first-order valence-corrected chi connectivity index (χ1v) is 6.54. The zero-order valence-electron chi connectivity index (χ0n) is 10.9. The maximum absolute atomic E-state index is 12.1. The van der Waals surface area contributed by atoms with Crippen LogP contribution in [0.1, 0.15) is 21.5 Å². The summed E-state index contributed by atoms with van der Waals surface area (Å²) in [5.74, 6) is 0.948. The first-order valence-electron chi connectivity index (χ1n) is 6.54. The summed E-state index contributed by atoms with van der Waals surface area (Å²) in [5, 5.41) is 12.2. The van der Waals surface area contributed by atoms with Gasteiger partial charge < -0.3 is 15.2 Å². The number of nitrogens with one attached hydrogen (secondary N) is 1. The molecule has 4 heteroatoms. The highest BCUT2D eigenvalue weighted by Crippen LogP contribution is 2.25. The number of aromatic hydroxyl groups is 1. The molecule has 102 valence electrons. The van der Waals surface area contributed by atoms with Gasteiger partial charge in [-0.2, -0.15) is 0 Å². The predicted octanol–water partition coefficient (Wildman–Crippen LogP) is 2.26. The Hall–Kier alpha value is -2.49. The van der Waals surface area contributed by atoms with Gasteiger partial charge in [0.25, 0.3) is 5.91 Å². The smallest absolute Gasteiger partial charge is 0.251 e. The third kappa shape index (κ3) is 2.59. The molecule has 0 bridgehead atoms. The summed E-state index contributed by atoms with van der Waals surface area (Å²) in [6.07, 6.45) is 0.850. The minimum absolute atomic E-state index is 0.122. The van der Waals surface area contributed by atoms with Crippen LogP contribution in [0.2, 0.25) is 0 Å². The molecule has 0 radical (unpaired) electrons. The maximum Gasteiger partial charge on any atom is 0.251 e. The Kier molecular flexibility index (Phi) is 3.29. The quantitative estimate of drug-likeness (QED) is 0.898. The summed E-state index contributed by atoms with van der Waals surface area (Å²) in [6.45, 7) is 1.07. The molecule has 0 saturated heterocycles. The normalized spacial score (nSPS) is 12.6. The van der Waals surface area contributed by atoms with Gasteiger partial charge in [-0.15, -0.1) is 0 Å². The number of carbonyl (C=O) groups excluding carboxylic acids is 1. The topological polar surface area (TPSA) is 58.6 Å². The third-order valence-electron chi connectivity index (χ3n) is 3.32. The number of phenolic OH excluding ortho intramolecular Hbond substituents is 1. The minimum atomic E-state index is -0.122. The number of rotatable bonds is 3. The molecular formula is C16H15NO3. The summed E-state index contributed by atoms with van der Waals surface area (Å²) in [5.41, 5.74) is 2.58. The minimum Gasteiger partial charge on any atom is -0.508 e. The molecule has 20 heavy (non-hydrogen) atoms. The van der Waals surface area contributed by atoms with E-state index < -0.39 is 0 Å². The van der Waals surface area contributed by atoms with E-state index in [0.29, 0.717) is 18.7 Å². The van der Waals surface area contributed by atoms with Gasteiger partial charge >= 0.3 is 0 Å². The Labute approximate surface area is 117 Å². The zero-order valence-corrected chi connectivity index (χ0v) is 10.9. The van der Waals surface area contributed by atoms with Gasteiger partial charge in [0.1, 0.15) is 11.5 Å². The fraction of sp³-hybridized carbons (Fsp3) is 0.188. The molecule has 1 heterocycles. The van der Waals surface area contributed by atoms with Crippen molar-refractivity contribution in [1.29, 1.82) is 0 Å². The van der Waals surface area contributed by atoms with Crippen molar-refractivity contribution in [2.75, 3.05) is 6.61 Å². The molecule has 2 N–H and O–H groups in total. The van der Waals surface area contributed by atoms with Crippen LogP contribution in [0.25, 0.3) is 0 Å². The number of hydrogen-bond donors (Lipinski definition) is 2. The molecule has 0 atom stereocenters. The van der Waals surface area contributed by atoms with E-state index in [1.807, 2.05) is 18.2 Å². The molecule has 0 spiro atoms. The van der Waals surface area contributed by atoms with Gasteiger partial charge in [-0.1, -0.05) is 12.1 Å². The molecule has 2 aromatic carbocycles. The Morgan fingerprint density at radius 1 is 1.25 bits per heavy atom. The van der Waals surface area contributed by atoms with Crippen LogP contribution in [0, 0.1) is 0 Å². The van der Waals surface area contributed by atoms with Crippen LogP contribution in [0.5, 0.6) is 11.5 Å².